The van der Waals surface area contributed by atoms with Gasteiger partial charge in [-0.3, -0.25) is 0 Å². The summed E-state index contributed by atoms with van der Waals surface area (Å²) in [5, 5.41) is 4.11. The predicted octanol–water partition coefficient (Wildman–Crippen LogP) is 8.07. The van der Waals surface area contributed by atoms with Gasteiger partial charge in [-0.2, -0.15) is 0 Å². The Morgan fingerprint density at radius 1 is 0.660 bits per heavy atom. The fraction of sp³-hybridized carbons (Fsp3) is 0.311. The second kappa shape index (κ2) is 14.3. The number of hydrogen-bond acceptors (Lipinski definition) is 4. The van der Waals surface area contributed by atoms with E-state index >= 15 is 0 Å². The fourth-order valence-corrected chi connectivity index (χ4v) is 26.1. The first kappa shape index (κ1) is 35.8. The van der Waals surface area contributed by atoms with E-state index in [4.69, 9.17) is 9.47 Å². The normalized spacial score (nSPS) is 17.9. The number of methoxy groups -OCH3 is 1. The summed E-state index contributed by atoms with van der Waals surface area (Å²) in [6, 6.07) is 37.9. The molecule has 1 fully saturated rings. The molecule has 5 aromatic rings. The number of carbonyl (C=O) groups excluding carboxylic acids is 1. The Morgan fingerprint density at radius 2 is 1.08 bits per heavy atom. The quantitative estimate of drug-likeness (QED) is 0.142. The molecule has 0 bridgehead atoms. The summed E-state index contributed by atoms with van der Waals surface area (Å²) in [5.41, 5.74) is 13.9. The van der Waals surface area contributed by atoms with E-state index in [1.165, 1.54) is 70.0 Å². The van der Waals surface area contributed by atoms with E-state index in [-0.39, 0.29) is 12.0 Å². The van der Waals surface area contributed by atoms with Gasteiger partial charge in [0.15, 0.2) is 0 Å². The van der Waals surface area contributed by atoms with E-state index in [1.807, 2.05) is 13.8 Å². The molecule has 1 aliphatic carbocycles. The summed E-state index contributed by atoms with van der Waals surface area (Å²) in [6.45, 7) is 19.1. The van der Waals surface area contributed by atoms with Gasteiger partial charge in [-0.05, 0) is 13.8 Å². The molecule has 5 heteroatoms. The predicted molar refractivity (Wildman–Crippen MR) is 209 cm³/mol. The molecule has 5 aromatic carbocycles. The van der Waals surface area contributed by atoms with Crippen molar-refractivity contribution in [2.24, 2.45) is 0 Å². The van der Waals surface area contributed by atoms with Crippen LogP contribution in [0.25, 0.3) is 11.1 Å². The summed E-state index contributed by atoms with van der Waals surface area (Å²) in [5.74, 6) is -0.173. The van der Waals surface area contributed by atoms with Crippen LogP contribution in [-0.4, -0.2) is 44.4 Å². The van der Waals surface area contributed by atoms with Crippen LogP contribution < -0.4 is 14.1 Å². The van der Waals surface area contributed by atoms with E-state index in [0.717, 1.165) is 13.2 Å². The molecule has 7 rings (SSSR count). The van der Waals surface area contributed by atoms with Gasteiger partial charge < -0.3 is 4.74 Å². The maximum absolute atomic E-state index is 14.7. The summed E-state index contributed by atoms with van der Waals surface area (Å²) < 4.78 is 12.9. The first-order chi connectivity index (χ1) is 24.1. The zero-order valence-corrected chi connectivity index (χ0v) is 33.2. The number of carbonyl (C=O) groups is 1. The number of fused-ring (bicyclic) bond motifs is 5. The molecule has 50 heavy (non-hydrogen) atoms. The molecule has 1 aliphatic heterocycles. The van der Waals surface area contributed by atoms with Crippen LogP contribution in [0.3, 0.4) is 0 Å². The fourth-order valence-electron chi connectivity index (χ4n) is 9.85. The second-order valence-corrected chi connectivity index (χ2v) is 22.4. The molecule has 258 valence electrons. The van der Waals surface area contributed by atoms with Gasteiger partial charge in [-0.25, -0.2) is 0 Å². The van der Waals surface area contributed by atoms with Gasteiger partial charge in [0.25, 0.3) is 0 Å². The van der Waals surface area contributed by atoms with Crippen LogP contribution in [0, 0.1) is 41.5 Å². The summed E-state index contributed by atoms with van der Waals surface area (Å²) in [4.78, 5) is 14.2. The Balaban J connectivity index is 0.000000808. The SMILES string of the molecule is CCOCC.COC(=O)[C@H]1N[C@@H](c2ccccc2)[C]2(c3ccccc3-c3ccccc32)[Ge]1([c]1c(C)cc(C)cc1C)[c]1c(C)cc(C)cc1C. The van der Waals surface area contributed by atoms with E-state index in [2.05, 4.69) is 150 Å². The van der Waals surface area contributed by atoms with Crippen molar-refractivity contribution in [3.8, 4) is 11.1 Å². The van der Waals surface area contributed by atoms with E-state index in [9.17, 15) is 4.79 Å². The monoisotopic (exact) mass is 727 g/mol. The zero-order chi connectivity index (χ0) is 35.8. The third kappa shape index (κ3) is 5.39. The Hall–Kier alpha value is -3.97. The standard InChI is InChI=1S/C41H41GeNO2.C4H10O/c1-25-21-27(3)36(28(4)22-25)42(37-29(5)23-26(2)24-30(37)6)39(40(44)45-7)43-38(31-15-9-8-10-16-31)41(42)34-19-13-11-17-32(34)33-18-12-14-20-35(33)41;1-3-5-4-2/h8-24,38-39,43H,1-7H3;3-4H2,1-2H3/t38-,39+;/m0./s1. The molecule has 1 saturated heterocycles. The van der Waals surface area contributed by atoms with Gasteiger partial charge in [-0.1, -0.05) is 0 Å². The van der Waals surface area contributed by atoms with Gasteiger partial charge in [-0.15, -0.1) is 0 Å². The van der Waals surface area contributed by atoms with Crippen LogP contribution >= 0.6 is 0 Å². The molecule has 0 aromatic heterocycles. The van der Waals surface area contributed by atoms with Crippen LogP contribution in [0.15, 0.2) is 103 Å². The van der Waals surface area contributed by atoms with E-state index < -0.39 is 22.4 Å². The van der Waals surface area contributed by atoms with Crippen molar-refractivity contribution in [3.05, 3.63) is 153 Å². The summed E-state index contributed by atoms with van der Waals surface area (Å²) in [6.07, 6.45) is 0. The molecule has 1 N–H and O–H groups in total. The van der Waals surface area contributed by atoms with Crippen molar-refractivity contribution in [2.75, 3.05) is 20.3 Å². The van der Waals surface area contributed by atoms with Crippen molar-refractivity contribution in [2.45, 2.75) is 70.6 Å². The molecule has 0 radical (unpaired) electrons. The minimum absolute atomic E-state index is 0.159. The Labute approximate surface area is 301 Å². The minimum atomic E-state index is -4.25. The molecule has 1 spiro atoms. The van der Waals surface area contributed by atoms with Crippen molar-refractivity contribution < 1.29 is 14.3 Å². The summed E-state index contributed by atoms with van der Waals surface area (Å²) >= 11 is -4.25. The molecule has 2 aliphatic rings. The maximum atomic E-state index is 14.7. The first-order valence-electron chi connectivity index (χ1n) is 17.9. The van der Waals surface area contributed by atoms with Gasteiger partial charge in [0, 0.05) is 13.2 Å². The van der Waals surface area contributed by atoms with Crippen molar-refractivity contribution >= 4 is 28.0 Å². The number of aryl methyl sites for hydroxylation is 6. The van der Waals surface area contributed by atoms with Crippen LogP contribution in [-0.2, 0) is 18.5 Å². The molecule has 0 saturated carbocycles. The van der Waals surface area contributed by atoms with Crippen LogP contribution in [0.4, 0.5) is 0 Å². The van der Waals surface area contributed by atoms with Crippen molar-refractivity contribution in [1.82, 2.24) is 5.32 Å². The van der Waals surface area contributed by atoms with Crippen LogP contribution in [0.5, 0.6) is 0 Å². The molecular weight excluding hydrogens is 675 g/mol. The average molecular weight is 727 g/mol. The average Bonchev–Trinajstić information content (AvgIpc) is 3.56. The third-order valence-corrected chi connectivity index (χ3v) is 24.6. The van der Waals surface area contributed by atoms with Crippen molar-refractivity contribution in [3.63, 3.8) is 0 Å². The molecule has 0 unspecified atom stereocenters. The topological polar surface area (TPSA) is 47.6 Å². The number of benzene rings is 5. The molecular formula is C45H51GeNO3. The Bertz CT molecular complexity index is 1880. The first-order valence-corrected chi connectivity index (χ1v) is 22.3. The van der Waals surface area contributed by atoms with Crippen LogP contribution in [0.2, 0.25) is 0 Å². The Kier molecular flexibility index (Phi) is 10.3. The second-order valence-electron chi connectivity index (χ2n) is 14.0. The van der Waals surface area contributed by atoms with Crippen LogP contribution in [0.1, 0.15) is 70.0 Å². The van der Waals surface area contributed by atoms with Gasteiger partial charge >= 0.3 is 271 Å². The molecule has 0 amide bonds. The van der Waals surface area contributed by atoms with E-state index in [1.54, 1.807) is 7.11 Å². The van der Waals surface area contributed by atoms with Gasteiger partial charge in [0.05, 0.1) is 0 Å². The van der Waals surface area contributed by atoms with Crippen molar-refractivity contribution in [1.29, 1.82) is 0 Å². The molecule has 1 heterocycles. The number of esters is 1. The third-order valence-electron chi connectivity index (χ3n) is 10.9. The number of ether oxygens (including phenoxy) is 2. The zero-order valence-electron chi connectivity index (χ0n) is 31.1. The molecule has 4 nitrogen and oxygen atoms in total. The summed E-state index contributed by atoms with van der Waals surface area (Å²) in [7, 11) is 1.56. The number of rotatable bonds is 6. The van der Waals surface area contributed by atoms with E-state index in [0.29, 0.717) is 0 Å². The number of nitrogens with one attached hydrogen (secondary N) is 1. The Morgan fingerprint density at radius 3 is 1.48 bits per heavy atom. The number of hydrogen-bond donors (Lipinski definition) is 1. The van der Waals surface area contributed by atoms with Gasteiger partial charge in [0.1, 0.15) is 0 Å². The van der Waals surface area contributed by atoms with Gasteiger partial charge in [0.2, 0.25) is 0 Å². The molecule has 2 atom stereocenters.